The Balaban J connectivity index is 1.94. The number of anilines is 1. The summed E-state index contributed by atoms with van der Waals surface area (Å²) in [5.41, 5.74) is 1.13. The predicted molar refractivity (Wildman–Crippen MR) is 114 cm³/mol. The molecule has 28 heavy (non-hydrogen) atoms. The molecule has 9 nitrogen and oxygen atoms in total. The van der Waals surface area contributed by atoms with Crippen molar-refractivity contribution in [2.24, 2.45) is 12.0 Å². The van der Waals surface area contributed by atoms with Gasteiger partial charge in [-0.05, 0) is 19.8 Å². The van der Waals surface area contributed by atoms with Gasteiger partial charge in [0, 0.05) is 52.0 Å². The lowest BCUT2D eigenvalue weighted by Crippen LogP contribution is -2.51. The van der Waals surface area contributed by atoms with Crippen LogP contribution in [0.5, 0.6) is 0 Å². The second-order valence-corrected chi connectivity index (χ2v) is 9.05. The zero-order valence-corrected chi connectivity index (χ0v) is 18.4. The van der Waals surface area contributed by atoms with Gasteiger partial charge in [0.15, 0.2) is 5.96 Å². The molecule has 0 radical (unpaired) electrons. The molecular formula is C18H35N7O2S. The lowest BCUT2D eigenvalue weighted by molar-refractivity contribution is 0.445. The van der Waals surface area contributed by atoms with Crippen molar-refractivity contribution in [3.05, 3.63) is 12.4 Å². The molecule has 0 bridgehead atoms. The Morgan fingerprint density at radius 2 is 2.11 bits per heavy atom. The topological polar surface area (TPSA) is 94.9 Å². The lowest BCUT2D eigenvalue weighted by atomic mass is 10.1. The van der Waals surface area contributed by atoms with Gasteiger partial charge >= 0.3 is 0 Å². The maximum Gasteiger partial charge on any atom is 0.215 e. The number of aromatic nitrogens is 2. The van der Waals surface area contributed by atoms with Crippen molar-refractivity contribution in [1.82, 2.24) is 24.7 Å². The van der Waals surface area contributed by atoms with E-state index >= 15 is 0 Å². The Labute approximate surface area is 169 Å². The molecule has 2 N–H and O–H groups in total. The van der Waals surface area contributed by atoms with E-state index in [1.54, 1.807) is 0 Å². The predicted octanol–water partition coefficient (Wildman–Crippen LogP) is 0.616. The summed E-state index contributed by atoms with van der Waals surface area (Å²) >= 11 is 0. The zero-order valence-electron chi connectivity index (χ0n) is 17.6. The van der Waals surface area contributed by atoms with Crippen molar-refractivity contribution in [3.63, 3.8) is 0 Å². The third kappa shape index (κ3) is 6.37. The van der Waals surface area contributed by atoms with Crippen molar-refractivity contribution in [1.29, 1.82) is 0 Å². The van der Waals surface area contributed by atoms with Gasteiger partial charge in [-0.1, -0.05) is 13.8 Å². The molecule has 0 aromatic carbocycles. The molecule has 2 heterocycles. The van der Waals surface area contributed by atoms with E-state index in [0.717, 1.165) is 38.2 Å². The minimum Gasteiger partial charge on any atom is -0.367 e. The molecule has 1 fully saturated rings. The molecule has 0 saturated carbocycles. The summed E-state index contributed by atoms with van der Waals surface area (Å²) in [5.74, 6) is 0.702. The molecule has 0 amide bonds. The van der Waals surface area contributed by atoms with Crippen molar-refractivity contribution >= 4 is 21.7 Å². The van der Waals surface area contributed by atoms with Crippen molar-refractivity contribution in [3.8, 4) is 0 Å². The summed E-state index contributed by atoms with van der Waals surface area (Å²) in [6.07, 6.45) is 6.06. The average molecular weight is 414 g/mol. The van der Waals surface area contributed by atoms with Crippen LogP contribution in [0.3, 0.4) is 0 Å². The summed E-state index contributed by atoms with van der Waals surface area (Å²) in [6, 6.07) is 0.256. The van der Waals surface area contributed by atoms with Crippen LogP contribution in [0.2, 0.25) is 0 Å². The highest BCUT2D eigenvalue weighted by atomic mass is 32.2. The number of aliphatic imine (C=N–C) groups is 1. The molecule has 1 atom stereocenters. The Morgan fingerprint density at radius 3 is 2.71 bits per heavy atom. The fourth-order valence-electron chi connectivity index (χ4n) is 3.43. The van der Waals surface area contributed by atoms with E-state index < -0.39 is 10.0 Å². The average Bonchev–Trinajstić information content (AvgIpc) is 3.09. The number of guanidine groups is 1. The monoisotopic (exact) mass is 413 g/mol. The second-order valence-electron chi connectivity index (χ2n) is 6.96. The highest BCUT2D eigenvalue weighted by Crippen LogP contribution is 2.18. The van der Waals surface area contributed by atoms with E-state index in [1.807, 2.05) is 44.9 Å². The number of rotatable bonds is 9. The Morgan fingerprint density at radius 1 is 1.36 bits per heavy atom. The summed E-state index contributed by atoms with van der Waals surface area (Å²) in [6.45, 7) is 9.56. The third-order valence-corrected chi connectivity index (χ3v) is 6.88. The molecule has 1 aliphatic rings. The minimum atomic E-state index is -3.26. The Bertz CT molecular complexity index is 728. The van der Waals surface area contributed by atoms with Crippen LogP contribution in [0.4, 0.5) is 5.69 Å². The Kier molecular flexibility index (Phi) is 8.56. The van der Waals surface area contributed by atoms with Gasteiger partial charge in [0.05, 0.1) is 24.2 Å². The molecule has 10 heteroatoms. The number of piperidine rings is 1. The van der Waals surface area contributed by atoms with Gasteiger partial charge in [-0.25, -0.2) is 12.7 Å². The maximum absolute atomic E-state index is 12.3. The van der Waals surface area contributed by atoms with Crippen molar-refractivity contribution in [2.75, 3.05) is 49.9 Å². The van der Waals surface area contributed by atoms with E-state index in [0.29, 0.717) is 19.0 Å². The van der Waals surface area contributed by atoms with Gasteiger partial charge in [-0.3, -0.25) is 9.67 Å². The van der Waals surface area contributed by atoms with Gasteiger partial charge in [-0.2, -0.15) is 5.10 Å². The van der Waals surface area contributed by atoms with Gasteiger partial charge in [-0.15, -0.1) is 0 Å². The van der Waals surface area contributed by atoms with E-state index in [1.165, 1.54) is 4.31 Å². The molecule has 0 spiro atoms. The molecule has 160 valence electrons. The number of aryl methyl sites for hydroxylation is 1. The first-order valence-electron chi connectivity index (χ1n) is 10.2. The standard InChI is InChI=1S/C18H35N7O2S/c1-5-19-18(20-10-12-28(26,27)25(6-2)7-3)22-16-9-8-11-24(14-16)17-13-21-23(4)15-17/h13,15-16H,5-12,14H2,1-4H3,(H2,19,20,22). The number of nitrogens with zero attached hydrogens (tertiary/aromatic N) is 5. The number of sulfonamides is 1. The molecule has 1 unspecified atom stereocenters. The molecule has 1 aromatic rings. The summed E-state index contributed by atoms with van der Waals surface area (Å²) < 4.78 is 27.9. The van der Waals surface area contributed by atoms with Gasteiger partial charge < -0.3 is 15.5 Å². The van der Waals surface area contributed by atoms with E-state index in [4.69, 9.17) is 0 Å². The van der Waals surface area contributed by atoms with Crippen LogP contribution in [0.25, 0.3) is 0 Å². The normalized spacial score (nSPS) is 18.5. The molecule has 1 aliphatic heterocycles. The van der Waals surface area contributed by atoms with Crippen molar-refractivity contribution in [2.45, 2.75) is 39.7 Å². The van der Waals surface area contributed by atoms with Crippen LogP contribution in [-0.2, 0) is 17.1 Å². The summed E-state index contributed by atoms with van der Waals surface area (Å²) in [5, 5.41) is 11.0. The highest BCUT2D eigenvalue weighted by Gasteiger charge is 2.22. The van der Waals surface area contributed by atoms with E-state index in [-0.39, 0.29) is 18.3 Å². The smallest absolute Gasteiger partial charge is 0.215 e. The van der Waals surface area contributed by atoms with E-state index in [9.17, 15) is 8.42 Å². The third-order valence-electron chi connectivity index (χ3n) is 4.88. The largest absolute Gasteiger partial charge is 0.367 e. The van der Waals surface area contributed by atoms with Crippen LogP contribution in [0.1, 0.15) is 33.6 Å². The van der Waals surface area contributed by atoms with Gasteiger partial charge in [0.1, 0.15) is 0 Å². The zero-order chi connectivity index (χ0) is 20.6. The number of nitrogens with one attached hydrogen (secondary N) is 2. The lowest BCUT2D eigenvalue weighted by Gasteiger charge is -2.34. The van der Waals surface area contributed by atoms with Gasteiger partial charge in [0.25, 0.3) is 0 Å². The van der Waals surface area contributed by atoms with Crippen LogP contribution < -0.4 is 15.5 Å². The quantitative estimate of drug-likeness (QED) is 0.455. The minimum absolute atomic E-state index is 0.0255. The number of hydrogen-bond acceptors (Lipinski definition) is 5. The van der Waals surface area contributed by atoms with Crippen LogP contribution >= 0.6 is 0 Å². The molecule has 2 rings (SSSR count). The second kappa shape index (κ2) is 10.7. The summed E-state index contributed by atoms with van der Waals surface area (Å²) in [7, 11) is -1.33. The van der Waals surface area contributed by atoms with Gasteiger partial charge in [0.2, 0.25) is 10.0 Å². The first kappa shape index (κ1) is 22.5. The summed E-state index contributed by atoms with van der Waals surface area (Å²) in [4.78, 5) is 6.82. The maximum atomic E-state index is 12.3. The van der Waals surface area contributed by atoms with Crippen molar-refractivity contribution < 1.29 is 8.42 Å². The molecule has 0 aliphatic carbocycles. The van der Waals surface area contributed by atoms with E-state index in [2.05, 4.69) is 25.6 Å². The number of hydrogen-bond donors (Lipinski definition) is 2. The Hall–Kier alpha value is -1.81. The SMILES string of the molecule is CCNC(=NCCS(=O)(=O)N(CC)CC)NC1CCCN(c2cnn(C)c2)C1. The fraction of sp³-hybridized carbons (Fsp3) is 0.778. The molecule has 1 aromatic heterocycles. The molecule has 1 saturated heterocycles. The van der Waals surface area contributed by atoms with Crippen LogP contribution in [0, 0.1) is 0 Å². The first-order valence-corrected chi connectivity index (χ1v) is 11.8. The van der Waals surface area contributed by atoms with Crippen LogP contribution in [0.15, 0.2) is 17.4 Å². The molecular weight excluding hydrogens is 378 g/mol. The fourth-order valence-corrected chi connectivity index (χ4v) is 4.80. The first-order chi connectivity index (χ1) is 13.4. The highest BCUT2D eigenvalue weighted by molar-refractivity contribution is 7.89. The van der Waals surface area contributed by atoms with Crippen LogP contribution in [-0.4, -0.2) is 79.5 Å².